The van der Waals surface area contributed by atoms with Gasteiger partial charge in [-0.1, -0.05) is 6.07 Å². The summed E-state index contributed by atoms with van der Waals surface area (Å²) >= 11 is 1.68. The van der Waals surface area contributed by atoms with Crippen molar-refractivity contribution in [3.8, 4) is 5.88 Å². The molecule has 3 heterocycles. The Morgan fingerprint density at radius 1 is 1.32 bits per heavy atom. The van der Waals surface area contributed by atoms with Crippen LogP contribution in [0.2, 0.25) is 0 Å². The lowest BCUT2D eigenvalue weighted by atomic mass is 9.79. The molecule has 6 nitrogen and oxygen atoms in total. The number of methoxy groups -OCH3 is 1. The van der Waals surface area contributed by atoms with Crippen LogP contribution in [0.3, 0.4) is 0 Å². The number of rotatable bonds is 5. The van der Waals surface area contributed by atoms with Gasteiger partial charge in [-0.3, -0.25) is 4.90 Å². The fourth-order valence-corrected chi connectivity index (χ4v) is 4.95. The first-order valence-electron chi connectivity index (χ1n) is 8.84. The normalized spacial score (nSPS) is 29.5. The number of aryl methyl sites for hydroxylation is 1. The van der Waals surface area contributed by atoms with E-state index in [4.69, 9.17) is 9.47 Å². The molecule has 2 aromatic heterocycles. The average molecular weight is 360 g/mol. The summed E-state index contributed by atoms with van der Waals surface area (Å²) in [5, 5.41) is 10.5. The van der Waals surface area contributed by atoms with E-state index in [2.05, 4.69) is 20.1 Å². The maximum absolute atomic E-state index is 6.14. The Morgan fingerprint density at radius 3 is 2.96 bits per heavy atom. The fraction of sp³-hybridized carbons (Fsp3) is 0.611. The van der Waals surface area contributed by atoms with E-state index in [1.165, 1.54) is 0 Å². The lowest BCUT2D eigenvalue weighted by Crippen LogP contribution is -2.52. The monoisotopic (exact) mass is 360 g/mol. The second-order valence-corrected chi connectivity index (χ2v) is 8.17. The van der Waals surface area contributed by atoms with Gasteiger partial charge in [0.2, 0.25) is 5.88 Å². The lowest BCUT2D eigenvalue weighted by Gasteiger charge is -2.43. The molecule has 1 aliphatic carbocycles. The van der Waals surface area contributed by atoms with Crippen LogP contribution in [0.25, 0.3) is 0 Å². The number of hydrogen-bond donors (Lipinski definition) is 0. The highest BCUT2D eigenvalue weighted by atomic mass is 32.1. The van der Waals surface area contributed by atoms with Gasteiger partial charge in [0, 0.05) is 38.4 Å². The van der Waals surface area contributed by atoms with Crippen LogP contribution < -0.4 is 4.74 Å². The van der Waals surface area contributed by atoms with Crippen molar-refractivity contribution in [2.24, 2.45) is 0 Å². The summed E-state index contributed by atoms with van der Waals surface area (Å²) in [6.07, 6.45) is 6.02. The van der Waals surface area contributed by atoms with E-state index in [0.29, 0.717) is 11.9 Å². The maximum Gasteiger partial charge on any atom is 0.213 e. The van der Waals surface area contributed by atoms with E-state index in [1.807, 2.05) is 32.2 Å². The van der Waals surface area contributed by atoms with E-state index in [-0.39, 0.29) is 11.7 Å². The first-order chi connectivity index (χ1) is 12.2. The zero-order valence-corrected chi connectivity index (χ0v) is 15.5. The van der Waals surface area contributed by atoms with Crippen LogP contribution in [0.4, 0.5) is 0 Å². The molecule has 3 unspecified atom stereocenters. The van der Waals surface area contributed by atoms with Gasteiger partial charge >= 0.3 is 0 Å². The summed E-state index contributed by atoms with van der Waals surface area (Å²) in [5.41, 5.74) is -0.0519. The fourth-order valence-electron chi connectivity index (χ4n) is 4.21. The van der Waals surface area contributed by atoms with Crippen molar-refractivity contribution in [3.63, 3.8) is 0 Å². The molecule has 0 spiro atoms. The van der Waals surface area contributed by atoms with Crippen molar-refractivity contribution < 1.29 is 9.47 Å². The second kappa shape index (κ2) is 6.97. The molecule has 0 radical (unpaired) electrons. The van der Waals surface area contributed by atoms with Crippen LogP contribution in [-0.4, -0.2) is 51.5 Å². The van der Waals surface area contributed by atoms with Gasteiger partial charge in [0.15, 0.2) is 0 Å². The van der Waals surface area contributed by atoms with Crippen LogP contribution in [0, 0.1) is 6.92 Å². The summed E-state index contributed by atoms with van der Waals surface area (Å²) in [6, 6.07) is 6.15. The predicted molar refractivity (Wildman–Crippen MR) is 95.7 cm³/mol. The first kappa shape index (κ1) is 16.9. The number of nitrogens with zero attached hydrogens (tertiary/aromatic N) is 4. The first-order valence-corrected chi connectivity index (χ1v) is 9.66. The Morgan fingerprint density at radius 2 is 2.24 bits per heavy atom. The molecular weight excluding hydrogens is 336 g/mol. The Bertz CT molecular complexity index is 710. The number of fused-ring (bicyclic) bond motifs is 1. The molecule has 0 bridgehead atoms. The molecule has 2 aliphatic rings. The van der Waals surface area contributed by atoms with E-state index < -0.39 is 0 Å². The standard InChI is InChI=1S/C18H24N4O2S/c1-13-20-21-17(25-13)12-22-10-8-18(23-2)7-6-14(11-15(18)22)24-16-5-3-4-9-19-16/h3-5,9,14-15H,6-8,10-12H2,1-2H3. The Balaban J connectivity index is 1.48. The van der Waals surface area contributed by atoms with E-state index >= 15 is 0 Å². The van der Waals surface area contributed by atoms with Crippen molar-refractivity contribution in [2.75, 3.05) is 13.7 Å². The maximum atomic E-state index is 6.14. The highest BCUT2D eigenvalue weighted by Crippen LogP contribution is 2.43. The van der Waals surface area contributed by atoms with Crippen molar-refractivity contribution in [1.82, 2.24) is 20.1 Å². The molecule has 25 heavy (non-hydrogen) atoms. The van der Waals surface area contributed by atoms with Crippen LogP contribution >= 0.6 is 11.3 Å². The summed E-state index contributed by atoms with van der Waals surface area (Å²) in [6.45, 7) is 3.88. The number of likely N-dealkylation sites (tertiary alicyclic amines) is 1. The quantitative estimate of drug-likeness (QED) is 0.817. The molecule has 1 saturated carbocycles. The van der Waals surface area contributed by atoms with Crippen LogP contribution in [0.1, 0.15) is 35.7 Å². The number of pyridine rings is 1. The molecule has 0 N–H and O–H groups in total. The molecule has 7 heteroatoms. The van der Waals surface area contributed by atoms with E-state index in [1.54, 1.807) is 17.5 Å². The molecule has 1 saturated heterocycles. The largest absolute Gasteiger partial charge is 0.474 e. The molecule has 3 atom stereocenters. The van der Waals surface area contributed by atoms with E-state index in [9.17, 15) is 0 Å². The molecule has 0 amide bonds. The molecular formula is C18H24N4O2S. The average Bonchev–Trinajstić information content (AvgIpc) is 3.21. The van der Waals surface area contributed by atoms with Crippen LogP contribution in [0.5, 0.6) is 5.88 Å². The van der Waals surface area contributed by atoms with Crippen molar-refractivity contribution >= 4 is 11.3 Å². The summed E-state index contributed by atoms with van der Waals surface area (Å²) in [5.74, 6) is 0.710. The topological polar surface area (TPSA) is 60.4 Å². The molecule has 0 aromatic carbocycles. The van der Waals surface area contributed by atoms with Crippen LogP contribution in [-0.2, 0) is 11.3 Å². The Labute approximate surface area is 152 Å². The zero-order chi connectivity index (χ0) is 17.3. The van der Waals surface area contributed by atoms with Gasteiger partial charge in [-0.05, 0) is 32.3 Å². The van der Waals surface area contributed by atoms with Crippen molar-refractivity contribution in [1.29, 1.82) is 0 Å². The van der Waals surface area contributed by atoms with Crippen LogP contribution in [0.15, 0.2) is 24.4 Å². The third-order valence-electron chi connectivity index (χ3n) is 5.48. The minimum atomic E-state index is -0.0519. The highest BCUT2D eigenvalue weighted by Gasteiger charge is 2.51. The van der Waals surface area contributed by atoms with Crippen molar-refractivity contribution in [3.05, 3.63) is 34.4 Å². The summed E-state index contributed by atoms with van der Waals surface area (Å²) < 4.78 is 12.2. The smallest absolute Gasteiger partial charge is 0.213 e. The molecule has 1 aliphatic heterocycles. The number of ether oxygens (including phenoxy) is 2. The van der Waals surface area contributed by atoms with Crippen molar-refractivity contribution in [2.45, 2.75) is 56.9 Å². The summed E-state index contributed by atoms with van der Waals surface area (Å²) in [7, 11) is 1.85. The predicted octanol–water partition coefficient (Wildman–Crippen LogP) is 2.83. The Kier molecular flexibility index (Phi) is 4.71. The van der Waals surface area contributed by atoms with Gasteiger partial charge in [-0.15, -0.1) is 21.5 Å². The Hall–Kier alpha value is -1.57. The minimum Gasteiger partial charge on any atom is -0.474 e. The van der Waals surface area contributed by atoms with E-state index in [0.717, 1.165) is 48.8 Å². The second-order valence-electron chi connectivity index (χ2n) is 6.90. The van der Waals surface area contributed by atoms with Gasteiger partial charge in [0.25, 0.3) is 0 Å². The zero-order valence-electron chi connectivity index (χ0n) is 14.7. The van der Waals surface area contributed by atoms with Gasteiger partial charge in [-0.2, -0.15) is 0 Å². The highest BCUT2D eigenvalue weighted by molar-refractivity contribution is 7.11. The van der Waals surface area contributed by atoms with Gasteiger partial charge in [0.1, 0.15) is 16.1 Å². The third-order valence-corrected chi connectivity index (χ3v) is 6.31. The SMILES string of the molecule is COC12CCC(Oc3ccccn3)CC1N(Cc1nnc(C)s1)CC2. The number of hydrogen-bond acceptors (Lipinski definition) is 7. The molecule has 2 aromatic rings. The molecule has 2 fully saturated rings. The summed E-state index contributed by atoms with van der Waals surface area (Å²) in [4.78, 5) is 6.80. The third kappa shape index (κ3) is 3.41. The van der Waals surface area contributed by atoms with Gasteiger partial charge in [-0.25, -0.2) is 4.98 Å². The van der Waals surface area contributed by atoms with Gasteiger partial charge in [0.05, 0.1) is 12.1 Å². The number of aromatic nitrogens is 3. The molecule has 4 rings (SSSR count). The minimum absolute atomic E-state index is 0.0519. The molecule has 134 valence electrons. The van der Waals surface area contributed by atoms with Gasteiger partial charge < -0.3 is 9.47 Å². The lowest BCUT2D eigenvalue weighted by molar-refractivity contribution is -0.0843.